The summed E-state index contributed by atoms with van der Waals surface area (Å²) in [6.45, 7) is 0.402. The van der Waals surface area contributed by atoms with Crippen molar-refractivity contribution in [1.82, 2.24) is 19.4 Å². The second-order valence-electron chi connectivity index (χ2n) is 4.12. The summed E-state index contributed by atoms with van der Waals surface area (Å²) in [4.78, 5) is 25.6. The number of aromatic nitrogens is 4. The molecular weight excluding hydrogens is 280 g/mol. The Balaban J connectivity index is 1.98. The minimum absolute atomic E-state index is 0.0346. The van der Waals surface area contributed by atoms with Crippen LogP contribution in [0, 0.1) is 10.1 Å². The summed E-state index contributed by atoms with van der Waals surface area (Å²) in [5.74, 6) is 0.292. The van der Waals surface area contributed by atoms with Crippen LogP contribution in [0.15, 0.2) is 30.2 Å². The predicted octanol–water partition coefficient (Wildman–Crippen LogP) is 1.73. The van der Waals surface area contributed by atoms with Gasteiger partial charge in [-0.2, -0.15) is 9.38 Å². The lowest BCUT2D eigenvalue weighted by Gasteiger charge is -2.14. The third-order valence-corrected chi connectivity index (χ3v) is 3.53. The Kier molecular flexibility index (Phi) is 3.03. The van der Waals surface area contributed by atoms with Crippen molar-refractivity contribution in [1.29, 1.82) is 0 Å². The normalized spacial score (nSPS) is 10.8. The van der Waals surface area contributed by atoms with E-state index in [9.17, 15) is 10.1 Å². The van der Waals surface area contributed by atoms with E-state index in [1.807, 2.05) is 0 Å². The molecule has 0 N–H and O–H groups in total. The molecule has 3 aromatic rings. The Morgan fingerprint density at radius 3 is 3.05 bits per heavy atom. The first-order valence-corrected chi connectivity index (χ1v) is 6.61. The Morgan fingerprint density at radius 1 is 1.50 bits per heavy atom. The summed E-state index contributed by atoms with van der Waals surface area (Å²) in [5.41, 5.74) is 0.723. The van der Waals surface area contributed by atoms with E-state index in [0.29, 0.717) is 17.3 Å². The Labute approximate surface area is 117 Å². The van der Waals surface area contributed by atoms with Gasteiger partial charge in [0.25, 0.3) is 4.96 Å². The second-order valence-corrected chi connectivity index (χ2v) is 5.00. The van der Waals surface area contributed by atoms with E-state index in [-0.39, 0.29) is 5.82 Å². The molecule has 20 heavy (non-hydrogen) atoms. The molecule has 3 rings (SSSR count). The van der Waals surface area contributed by atoms with E-state index in [0.717, 1.165) is 5.69 Å². The van der Waals surface area contributed by atoms with Crippen molar-refractivity contribution in [3.63, 3.8) is 0 Å². The molecule has 0 bridgehead atoms. The molecule has 0 amide bonds. The van der Waals surface area contributed by atoms with E-state index in [2.05, 4.69) is 15.0 Å². The van der Waals surface area contributed by atoms with Crippen LogP contribution >= 0.6 is 11.3 Å². The Bertz CT molecular complexity index is 753. The number of thiazole rings is 1. The van der Waals surface area contributed by atoms with Gasteiger partial charge in [-0.25, -0.2) is 0 Å². The van der Waals surface area contributed by atoms with E-state index in [1.165, 1.54) is 15.7 Å². The summed E-state index contributed by atoms with van der Waals surface area (Å²) >= 11 is 1.36. The molecule has 0 aliphatic carbocycles. The third kappa shape index (κ3) is 2.07. The van der Waals surface area contributed by atoms with E-state index < -0.39 is 4.92 Å². The maximum absolute atomic E-state index is 11.2. The SMILES string of the molecule is CN(Cc1cnccn1)c1nc2sccn2c1[N+](=O)[O-]. The van der Waals surface area contributed by atoms with Crippen molar-refractivity contribution in [2.45, 2.75) is 6.54 Å². The number of hydrogen-bond donors (Lipinski definition) is 0. The van der Waals surface area contributed by atoms with E-state index in [4.69, 9.17) is 0 Å². The molecule has 0 saturated heterocycles. The van der Waals surface area contributed by atoms with Crippen molar-refractivity contribution >= 4 is 27.9 Å². The smallest absolute Gasteiger partial charge is 0.358 e. The molecule has 0 aliphatic heterocycles. The summed E-state index contributed by atoms with van der Waals surface area (Å²) in [7, 11) is 1.74. The van der Waals surface area contributed by atoms with Gasteiger partial charge in [0.15, 0.2) is 0 Å². The highest BCUT2D eigenvalue weighted by atomic mass is 32.1. The van der Waals surface area contributed by atoms with Gasteiger partial charge >= 0.3 is 5.82 Å². The van der Waals surface area contributed by atoms with Gasteiger partial charge in [-0.15, -0.1) is 0 Å². The number of fused-ring (bicyclic) bond motifs is 1. The van der Waals surface area contributed by atoms with Crippen LogP contribution in [0.1, 0.15) is 5.69 Å². The zero-order valence-corrected chi connectivity index (χ0v) is 11.3. The molecule has 102 valence electrons. The van der Waals surface area contributed by atoms with Gasteiger partial charge in [0.1, 0.15) is 6.20 Å². The Hall–Kier alpha value is -2.55. The van der Waals surface area contributed by atoms with Crippen LogP contribution in [0.5, 0.6) is 0 Å². The fraction of sp³-hybridized carbons (Fsp3) is 0.182. The largest absolute Gasteiger partial charge is 0.373 e. The highest BCUT2D eigenvalue weighted by Gasteiger charge is 2.26. The number of hydrogen-bond acceptors (Lipinski definition) is 7. The zero-order chi connectivity index (χ0) is 14.1. The minimum Gasteiger partial charge on any atom is -0.358 e. The Morgan fingerprint density at radius 2 is 2.35 bits per heavy atom. The van der Waals surface area contributed by atoms with Gasteiger partial charge < -0.3 is 15.0 Å². The quantitative estimate of drug-likeness (QED) is 0.537. The monoisotopic (exact) mass is 290 g/mol. The van der Waals surface area contributed by atoms with Crippen LogP contribution in [0.4, 0.5) is 11.6 Å². The molecule has 0 saturated carbocycles. The lowest BCUT2D eigenvalue weighted by Crippen LogP contribution is -2.19. The summed E-state index contributed by atoms with van der Waals surface area (Å²) in [5, 5.41) is 13.0. The second kappa shape index (κ2) is 4.85. The average molecular weight is 290 g/mol. The lowest BCUT2D eigenvalue weighted by molar-refractivity contribution is -0.389. The van der Waals surface area contributed by atoms with Crippen molar-refractivity contribution in [3.05, 3.63) is 46.0 Å². The molecular formula is C11H10N6O2S. The molecule has 3 aromatic heterocycles. The zero-order valence-electron chi connectivity index (χ0n) is 10.5. The molecule has 3 heterocycles. The molecule has 0 aliphatic rings. The van der Waals surface area contributed by atoms with Gasteiger partial charge in [-0.1, -0.05) is 11.3 Å². The molecule has 8 nitrogen and oxygen atoms in total. The van der Waals surface area contributed by atoms with Gasteiger partial charge in [0, 0.05) is 24.8 Å². The standard InChI is InChI=1S/C11H10N6O2S/c1-15(7-8-6-12-2-3-13-8)9-10(17(18)19)16-4-5-20-11(16)14-9/h2-6H,7H2,1H3. The van der Waals surface area contributed by atoms with Crippen LogP contribution in [-0.2, 0) is 6.54 Å². The number of imidazole rings is 1. The lowest BCUT2D eigenvalue weighted by atomic mass is 10.4. The van der Waals surface area contributed by atoms with Crippen LogP contribution < -0.4 is 4.90 Å². The fourth-order valence-corrected chi connectivity index (χ4v) is 2.62. The topological polar surface area (TPSA) is 89.5 Å². The average Bonchev–Trinajstić information content (AvgIpc) is 2.98. The highest BCUT2D eigenvalue weighted by molar-refractivity contribution is 7.15. The first-order valence-electron chi connectivity index (χ1n) is 5.73. The van der Waals surface area contributed by atoms with Crippen LogP contribution in [-0.4, -0.2) is 31.3 Å². The van der Waals surface area contributed by atoms with E-state index in [1.54, 1.807) is 42.1 Å². The molecule has 9 heteroatoms. The predicted molar refractivity (Wildman–Crippen MR) is 73.9 cm³/mol. The van der Waals surface area contributed by atoms with Gasteiger partial charge in [0.2, 0.25) is 5.82 Å². The van der Waals surface area contributed by atoms with Gasteiger partial charge in [0.05, 0.1) is 18.4 Å². The first kappa shape index (κ1) is 12.5. The molecule has 0 aromatic carbocycles. The van der Waals surface area contributed by atoms with Crippen LogP contribution in [0.3, 0.4) is 0 Å². The van der Waals surface area contributed by atoms with E-state index >= 15 is 0 Å². The maximum atomic E-state index is 11.2. The number of anilines is 1. The number of nitrogens with zero attached hydrogens (tertiary/aromatic N) is 6. The molecule has 0 fully saturated rings. The summed E-state index contributed by atoms with van der Waals surface area (Å²) in [6, 6.07) is 0. The summed E-state index contributed by atoms with van der Waals surface area (Å²) in [6.07, 6.45) is 6.44. The van der Waals surface area contributed by atoms with Crippen LogP contribution in [0.2, 0.25) is 0 Å². The van der Waals surface area contributed by atoms with Crippen LogP contribution in [0.25, 0.3) is 4.96 Å². The van der Waals surface area contributed by atoms with Crippen molar-refractivity contribution in [2.24, 2.45) is 0 Å². The molecule has 0 unspecified atom stereocenters. The van der Waals surface area contributed by atoms with Crippen molar-refractivity contribution < 1.29 is 4.92 Å². The highest BCUT2D eigenvalue weighted by Crippen LogP contribution is 2.30. The van der Waals surface area contributed by atoms with Gasteiger partial charge in [-0.3, -0.25) is 9.97 Å². The maximum Gasteiger partial charge on any atom is 0.373 e. The summed E-state index contributed by atoms with van der Waals surface area (Å²) < 4.78 is 1.48. The molecule has 0 spiro atoms. The fourth-order valence-electron chi connectivity index (χ4n) is 1.92. The first-order chi connectivity index (χ1) is 9.66. The molecule has 0 radical (unpaired) electrons. The van der Waals surface area contributed by atoms with Crippen molar-refractivity contribution in [3.8, 4) is 0 Å². The minimum atomic E-state index is -0.421. The van der Waals surface area contributed by atoms with Crippen molar-refractivity contribution in [2.75, 3.05) is 11.9 Å². The molecule has 0 atom stereocenters. The third-order valence-electron chi connectivity index (χ3n) is 2.77. The number of nitro groups is 1. The van der Waals surface area contributed by atoms with Gasteiger partial charge in [-0.05, 0) is 4.92 Å². The number of rotatable bonds is 4.